The number of nitrogen functional groups attached to an aromatic ring is 1. The average molecular weight is 911 g/mol. The fraction of sp³-hybridized carbons (Fsp3) is 0.537. The maximum atomic E-state index is 12.3. The number of anilines is 5. The number of pyridine rings is 2. The topological polar surface area (TPSA) is 235 Å². The van der Waals surface area contributed by atoms with E-state index in [1.54, 1.807) is 61.7 Å². The minimum atomic E-state index is -2.37. The number of fused-ring (bicyclic) bond motifs is 1. The molecule has 20 nitrogen and oxygen atoms in total. The zero-order valence-electron chi connectivity index (χ0n) is 38.1. The van der Waals surface area contributed by atoms with E-state index in [2.05, 4.69) is 67.6 Å². The van der Waals surface area contributed by atoms with E-state index in [1.807, 2.05) is 51.3 Å². The standard InChI is InChI=1S/C18H23N7O2S.C16H23N7O2S.C7H16O2/c1-12-11-27-9-8-24(12)16-10-15(23-28(3,4)26)21-18(22-16)25-13(2)20-17-14(25)6-5-7-19-17;1-11-10-25-8-7-23(11)14-9-13(22-26(2,3)24)20-16(21-14)19-12-5-4-6-18-15(12)17;1-5-8-7(3,4)9-6-2/h5-7,10,12H,8-9,11H2,1-4H3;4-6,9,11H,7-8,10H2,1-3H3,(H2,17,18)(H,19,20,21);5-6H2,1-4H3/t12-;11-;/m11./s1. The molecule has 344 valence electrons. The number of hydrogen-bond donors (Lipinski definition) is 2. The highest BCUT2D eigenvalue weighted by atomic mass is 32.2. The maximum absolute atomic E-state index is 12.3. The van der Waals surface area contributed by atoms with Gasteiger partial charge in [0.05, 0.1) is 49.7 Å². The predicted molar refractivity (Wildman–Crippen MR) is 250 cm³/mol. The normalized spacial score (nSPS) is 17.0. The van der Waals surface area contributed by atoms with Crippen molar-refractivity contribution in [2.75, 3.05) is 98.6 Å². The summed E-state index contributed by atoms with van der Waals surface area (Å²) < 4.78 is 56.3. The van der Waals surface area contributed by atoms with Crippen molar-refractivity contribution in [3.05, 3.63) is 54.6 Å². The van der Waals surface area contributed by atoms with Crippen LogP contribution in [0.4, 0.5) is 40.7 Å². The second-order valence-corrected chi connectivity index (χ2v) is 20.8. The van der Waals surface area contributed by atoms with Crippen LogP contribution < -0.4 is 20.9 Å². The van der Waals surface area contributed by atoms with Gasteiger partial charge in [0.15, 0.2) is 23.1 Å². The van der Waals surface area contributed by atoms with Crippen molar-refractivity contribution in [3.63, 3.8) is 0 Å². The Labute approximate surface area is 371 Å². The van der Waals surface area contributed by atoms with Crippen molar-refractivity contribution < 1.29 is 27.4 Å². The summed E-state index contributed by atoms with van der Waals surface area (Å²) in [6, 6.07) is 11.2. The van der Waals surface area contributed by atoms with E-state index in [9.17, 15) is 8.42 Å². The lowest BCUT2D eigenvalue weighted by Crippen LogP contribution is -2.44. The summed E-state index contributed by atoms with van der Waals surface area (Å²) in [6.45, 7) is 19.1. The zero-order valence-corrected chi connectivity index (χ0v) is 39.8. The van der Waals surface area contributed by atoms with E-state index in [1.165, 1.54) is 0 Å². The van der Waals surface area contributed by atoms with Gasteiger partial charge in [0.1, 0.15) is 23.3 Å². The van der Waals surface area contributed by atoms with E-state index >= 15 is 0 Å². The molecule has 2 fully saturated rings. The average Bonchev–Trinajstić information content (AvgIpc) is 3.53. The quantitative estimate of drug-likeness (QED) is 0.152. The minimum Gasteiger partial charge on any atom is -0.382 e. The molecule has 0 aliphatic carbocycles. The van der Waals surface area contributed by atoms with Crippen molar-refractivity contribution in [2.24, 2.45) is 8.73 Å². The van der Waals surface area contributed by atoms with Crippen LogP contribution in [0.15, 0.2) is 57.5 Å². The largest absolute Gasteiger partial charge is 0.382 e. The van der Waals surface area contributed by atoms with Crippen molar-refractivity contribution >= 4 is 71.3 Å². The molecule has 2 aliphatic rings. The molecule has 0 unspecified atom stereocenters. The Morgan fingerprint density at radius 1 is 0.810 bits per heavy atom. The molecule has 63 heavy (non-hydrogen) atoms. The van der Waals surface area contributed by atoms with Crippen molar-refractivity contribution in [1.29, 1.82) is 0 Å². The molecular formula is C41H62N14O6S2. The Balaban J connectivity index is 0.000000200. The fourth-order valence-corrected chi connectivity index (χ4v) is 7.71. The molecule has 5 aromatic rings. The molecule has 5 aromatic heterocycles. The number of morpholine rings is 2. The van der Waals surface area contributed by atoms with Crippen LogP contribution in [0.25, 0.3) is 17.1 Å². The third-order valence-corrected chi connectivity index (χ3v) is 10.5. The third-order valence-electron chi connectivity index (χ3n) is 9.20. The number of hydrogen-bond acceptors (Lipinski definition) is 19. The van der Waals surface area contributed by atoms with E-state index in [4.69, 9.17) is 29.7 Å². The van der Waals surface area contributed by atoms with Gasteiger partial charge in [-0.25, -0.2) is 23.4 Å². The smallest absolute Gasteiger partial charge is 0.239 e. The van der Waals surface area contributed by atoms with Gasteiger partial charge in [-0.1, -0.05) is 0 Å². The number of imidazole rings is 1. The predicted octanol–water partition coefficient (Wildman–Crippen LogP) is 5.68. The number of aryl methyl sites for hydroxylation is 1. The lowest BCUT2D eigenvalue weighted by Gasteiger charge is -2.34. The lowest BCUT2D eigenvalue weighted by atomic mass is 10.2. The Bertz CT molecular complexity index is 2550. The molecule has 7 heterocycles. The van der Waals surface area contributed by atoms with Gasteiger partial charge in [-0.2, -0.15) is 28.7 Å². The summed E-state index contributed by atoms with van der Waals surface area (Å²) in [5.41, 5.74) is 7.92. The van der Waals surface area contributed by atoms with Crippen LogP contribution in [0.2, 0.25) is 0 Å². The number of aromatic nitrogens is 8. The number of ether oxygens (including phenoxy) is 4. The van der Waals surface area contributed by atoms with Crippen LogP contribution in [-0.2, 0) is 38.4 Å². The Morgan fingerprint density at radius 3 is 1.89 bits per heavy atom. The molecule has 0 radical (unpaired) electrons. The molecule has 0 amide bonds. The number of rotatable bonds is 11. The molecule has 0 saturated carbocycles. The zero-order chi connectivity index (χ0) is 46.0. The first-order valence-electron chi connectivity index (χ1n) is 20.6. The first kappa shape index (κ1) is 48.9. The first-order chi connectivity index (χ1) is 29.8. The van der Waals surface area contributed by atoms with Crippen LogP contribution in [0.3, 0.4) is 0 Å². The van der Waals surface area contributed by atoms with Crippen LogP contribution in [-0.4, -0.2) is 143 Å². The Morgan fingerprint density at radius 2 is 1.35 bits per heavy atom. The summed E-state index contributed by atoms with van der Waals surface area (Å²) in [5, 5.41) is 3.07. The molecule has 0 spiro atoms. The van der Waals surface area contributed by atoms with Gasteiger partial charge in [-0.3, -0.25) is 4.57 Å². The minimum absolute atomic E-state index is 0.162. The Hall–Kier alpha value is -5.13. The molecular weight excluding hydrogens is 849 g/mol. The molecule has 2 aliphatic heterocycles. The molecule has 7 rings (SSSR count). The van der Waals surface area contributed by atoms with Crippen molar-refractivity contribution in [2.45, 2.75) is 66.3 Å². The monoisotopic (exact) mass is 910 g/mol. The van der Waals surface area contributed by atoms with Gasteiger partial charge >= 0.3 is 0 Å². The molecule has 22 heteroatoms. The van der Waals surface area contributed by atoms with E-state index in [0.29, 0.717) is 92.7 Å². The first-order valence-corrected chi connectivity index (χ1v) is 25.3. The lowest BCUT2D eigenvalue weighted by molar-refractivity contribution is -0.207. The molecule has 2 saturated heterocycles. The van der Waals surface area contributed by atoms with Gasteiger partial charge in [0.2, 0.25) is 11.9 Å². The van der Waals surface area contributed by atoms with Gasteiger partial charge in [0, 0.05) is 95.3 Å². The van der Waals surface area contributed by atoms with Crippen LogP contribution in [0, 0.1) is 6.92 Å². The highest BCUT2D eigenvalue weighted by Gasteiger charge is 2.24. The van der Waals surface area contributed by atoms with E-state index in [-0.39, 0.29) is 12.1 Å². The molecule has 3 N–H and O–H groups in total. The second kappa shape index (κ2) is 21.5. The number of nitrogens with two attached hydrogens (primary N) is 1. The van der Waals surface area contributed by atoms with Crippen LogP contribution >= 0.6 is 0 Å². The van der Waals surface area contributed by atoms with Gasteiger partial charge < -0.3 is 39.8 Å². The van der Waals surface area contributed by atoms with Crippen molar-refractivity contribution in [3.8, 4) is 5.95 Å². The summed E-state index contributed by atoms with van der Waals surface area (Å²) in [4.78, 5) is 35.5. The second-order valence-electron chi connectivity index (χ2n) is 15.7. The van der Waals surface area contributed by atoms with Crippen LogP contribution in [0.1, 0.15) is 47.4 Å². The third kappa shape index (κ3) is 14.4. The molecule has 0 aromatic carbocycles. The highest BCUT2D eigenvalue weighted by molar-refractivity contribution is 7.92. The van der Waals surface area contributed by atoms with Gasteiger partial charge in [-0.05, 0) is 72.7 Å². The Kier molecular flexibility index (Phi) is 16.7. The summed E-state index contributed by atoms with van der Waals surface area (Å²) >= 11 is 0. The summed E-state index contributed by atoms with van der Waals surface area (Å²) in [5.74, 6) is 3.60. The SMILES string of the molecule is CCOC(C)(C)OCC.C[C@@H]1COCCN1c1cc(N=S(C)(C)=O)nc(Nc2cccnc2N)n1.Cc1nc2ncccc2n1-c1nc(N=S(C)(C)=O)cc(N2CCOC[C@H]2C)n1. The molecule has 0 bridgehead atoms. The molecule has 2 atom stereocenters. The van der Waals surface area contributed by atoms with E-state index in [0.717, 1.165) is 23.7 Å². The number of nitrogens with one attached hydrogen (secondary N) is 1. The van der Waals surface area contributed by atoms with Crippen molar-refractivity contribution in [1.82, 2.24) is 39.5 Å². The van der Waals surface area contributed by atoms with E-state index < -0.39 is 25.2 Å². The fourth-order valence-electron chi connectivity index (χ4n) is 6.62. The van der Waals surface area contributed by atoms with Crippen LogP contribution in [0.5, 0.6) is 0 Å². The number of nitrogens with zero attached hydrogens (tertiary/aromatic N) is 12. The van der Waals surface area contributed by atoms with Gasteiger partial charge in [0.25, 0.3) is 0 Å². The highest BCUT2D eigenvalue weighted by Crippen LogP contribution is 2.28. The summed E-state index contributed by atoms with van der Waals surface area (Å²) in [6.07, 6.45) is 9.63. The maximum Gasteiger partial charge on any atom is 0.239 e. The summed E-state index contributed by atoms with van der Waals surface area (Å²) in [7, 11) is -4.73. The van der Waals surface area contributed by atoms with Gasteiger partial charge in [-0.15, -0.1) is 0 Å².